The first-order valence-electron chi connectivity index (χ1n) is 6.25. The molecule has 21 heavy (non-hydrogen) atoms. The number of hydrogen-bond donors (Lipinski definition) is 0. The van der Waals surface area contributed by atoms with E-state index in [1.54, 1.807) is 48.5 Å². The highest BCUT2D eigenvalue weighted by molar-refractivity contribution is 6.30. The van der Waals surface area contributed by atoms with Gasteiger partial charge in [0.1, 0.15) is 11.5 Å². The maximum absolute atomic E-state index is 11.7. The van der Waals surface area contributed by atoms with E-state index >= 15 is 0 Å². The molecule has 2 aromatic carbocycles. The van der Waals surface area contributed by atoms with E-state index in [2.05, 4.69) is 0 Å². The van der Waals surface area contributed by atoms with Gasteiger partial charge in [-0.1, -0.05) is 23.7 Å². The first-order valence-corrected chi connectivity index (χ1v) is 6.63. The summed E-state index contributed by atoms with van der Waals surface area (Å²) in [6.45, 7) is 1.16. The van der Waals surface area contributed by atoms with Crippen molar-refractivity contribution in [3.05, 3.63) is 59.1 Å². The van der Waals surface area contributed by atoms with Gasteiger partial charge in [0.2, 0.25) is 0 Å². The lowest BCUT2D eigenvalue weighted by atomic mass is 10.1. The van der Waals surface area contributed by atoms with Crippen LogP contribution in [0.3, 0.4) is 0 Å². The zero-order valence-corrected chi connectivity index (χ0v) is 12.1. The summed E-state index contributed by atoms with van der Waals surface area (Å²) in [4.78, 5) is 23.2. The lowest BCUT2D eigenvalue weighted by molar-refractivity contribution is -0.136. The molecular weight excluding hydrogens is 292 g/mol. The second-order valence-electron chi connectivity index (χ2n) is 4.27. The Morgan fingerprint density at radius 3 is 2.38 bits per heavy atom. The summed E-state index contributed by atoms with van der Waals surface area (Å²) in [7, 11) is 0. The summed E-state index contributed by atoms with van der Waals surface area (Å²) in [5, 5.41) is 0.584. The van der Waals surface area contributed by atoms with Gasteiger partial charge in [-0.3, -0.25) is 4.79 Å². The highest BCUT2D eigenvalue weighted by atomic mass is 35.5. The number of Topliss-reactive ketones (excluding diaryl/α,β-unsaturated/α-hetero) is 1. The fourth-order valence-corrected chi connectivity index (χ4v) is 1.80. The van der Waals surface area contributed by atoms with Crippen molar-refractivity contribution in [3.63, 3.8) is 0 Å². The van der Waals surface area contributed by atoms with Gasteiger partial charge in [0, 0.05) is 5.02 Å². The molecule has 0 heterocycles. The molecule has 0 amide bonds. The van der Waals surface area contributed by atoms with Crippen LogP contribution >= 0.6 is 11.6 Å². The van der Waals surface area contributed by atoms with Crippen LogP contribution < -0.4 is 9.47 Å². The van der Waals surface area contributed by atoms with Crippen molar-refractivity contribution in [1.82, 2.24) is 0 Å². The van der Waals surface area contributed by atoms with E-state index in [-0.39, 0.29) is 18.1 Å². The van der Waals surface area contributed by atoms with Crippen molar-refractivity contribution in [1.29, 1.82) is 0 Å². The molecular formula is C16H13ClO4. The van der Waals surface area contributed by atoms with Crippen molar-refractivity contribution in [2.75, 3.05) is 6.61 Å². The van der Waals surface area contributed by atoms with Gasteiger partial charge in [-0.2, -0.15) is 0 Å². The molecule has 0 saturated heterocycles. The summed E-state index contributed by atoms with van der Waals surface area (Å²) >= 11 is 5.75. The average Bonchev–Trinajstić information content (AvgIpc) is 2.47. The Labute approximate surface area is 127 Å². The van der Waals surface area contributed by atoms with Gasteiger partial charge in [-0.15, -0.1) is 0 Å². The molecule has 0 unspecified atom stereocenters. The van der Waals surface area contributed by atoms with Crippen molar-refractivity contribution in [3.8, 4) is 11.5 Å². The third-order valence-electron chi connectivity index (χ3n) is 2.66. The van der Waals surface area contributed by atoms with E-state index in [9.17, 15) is 9.59 Å². The predicted molar refractivity (Wildman–Crippen MR) is 79.0 cm³/mol. The van der Waals surface area contributed by atoms with Crippen LogP contribution in [0.5, 0.6) is 11.5 Å². The molecule has 0 fully saturated rings. The number of esters is 1. The van der Waals surface area contributed by atoms with Crippen LogP contribution in [0.2, 0.25) is 5.02 Å². The normalized spacial score (nSPS) is 10.0. The fourth-order valence-electron chi connectivity index (χ4n) is 1.67. The van der Waals surface area contributed by atoms with E-state index in [4.69, 9.17) is 21.1 Å². The van der Waals surface area contributed by atoms with Gasteiger partial charge in [0.25, 0.3) is 0 Å². The van der Waals surface area contributed by atoms with Crippen LogP contribution in [-0.2, 0) is 4.79 Å². The van der Waals surface area contributed by atoms with Crippen LogP contribution in [0.25, 0.3) is 0 Å². The highest BCUT2D eigenvalue weighted by Gasteiger charge is 2.12. The molecule has 0 bridgehead atoms. The van der Waals surface area contributed by atoms with Crippen LogP contribution in [0.4, 0.5) is 0 Å². The van der Waals surface area contributed by atoms with Crippen molar-refractivity contribution >= 4 is 23.4 Å². The smallest absolute Gasteiger partial charge is 0.349 e. The van der Waals surface area contributed by atoms with Gasteiger partial charge in [-0.05, 0) is 43.3 Å². The van der Waals surface area contributed by atoms with Crippen molar-refractivity contribution in [2.45, 2.75) is 6.92 Å². The van der Waals surface area contributed by atoms with E-state index < -0.39 is 5.97 Å². The van der Waals surface area contributed by atoms with E-state index in [1.165, 1.54) is 6.92 Å². The Hall–Kier alpha value is -2.33. The highest BCUT2D eigenvalue weighted by Crippen LogP contribution is 2.19. The number of ether oxygens (including phenoxy) is 2. The fraction of sp³-hybridized carbons (Fsp3) is 0.125. The van der Waals surface area contributed by atoms with Crippen molar-refractivity contribution < 1.29 is 19.1 Å². The molecule has 0 aliphatic carbocycles. The lowest BCUT2D eigenvalue weighted by Crippen LogP contribution is -2.18. The Morgan fingerprint density at radius 1 is 1.05 bits per heavy atom. The van der Waals surface area contributed by atoms with Crippen LogP contribution in [0, 0.1) is 0 Å². The zero-order valence-electron chi connectivity index (χ0n) is 11.3. The first kappa shape index (κ1) is 15.1. The zero-order chi connectivity index (χ0) is 15.2. The quantitative estimate of drug-likeness (QED) is 0.482. The molecule has 5 heteroatoms. The summed E-state index contributed by atoms with van der Waals surface area (Å²) in [6.07, 6.45) is 0. The Morgan fingerprint density at radius 2 is 1.71 bits per heavy atom. The number of halogens is 1. The summed E-state index contributed by atoms with van der Waals surface area (Å²) < 4.78 is 10.4. The van der Waals surface area contributed by atoms with E-state index in [0.717, 1.165) is 0 Å². The number of ketones is 1. The lowest BCUT2D eigenvalue weighted by Gasteiger charge is -2.09. The molecule has 0 aromatic heterocycles. The number of carbonyl (C=O) groups excluding carboxylic acids is 2. The standard InChI is InChI=1S/C16H13ClO4/c1-11(18)14-4-2-3-5-15(14)21-16(19)10-20-13-8-6-12(17)7-9-13/h2-9H,10H2,1H3. The van der Waals surface area contributed by atoms with E-state index in [0.29, 0.717) is 16.3 Å². The maximum atomic E-state index is 11.7. The summed E-state index contributed by atoms with van der Waals surface area (Å²) in [5.41, 5.74) is 0.359. The molecule has 0 aliphatic heterocycles. The van der Waals surface area contributed by atoms with Gasteiger partial charge in [0.15, 0.2) is 12.4 Å². The number of para-hydroxylation sites is 1. The molecule has 0 saturated carbocycles. The van der Waals surface area contributed by atoms with Gasteiger partial charge in [-0.25, -0.2) is 4.79 Å². The molecule has 2 rings (SSSR count). The second kappa shape index (κ2) is 6.90. The first-order chi connectivity index (χ1) is 10.1. The molecule has 2 aromatic rings. The number of hydrogen-bond acceptors (Lipinski definition) is 4. The summed E-state index contributed by atoms with van der Waals surface area (Å²) in [5.74, 6) is -0.0124. The third-order valence-corrected chi connectivity index (χ3v) is 2.91. The Kier molecular flexibility index (Phi) is 4.95. The number of benzene rings is 2. The largest absolute Gasteiger partial charge is 0.482 e. The SMILES string of the molecule is CC(=O)c1ccccc1OC(=O)COc1ccc(Cl)cc1. The van der Waals surface area contributed by atoms with Gasteiger partial charge < -0.3 is 9.47 Å². The van der Waals surface area contributed by atoms with E-state index in [1.807, 2.05) is 0 Å². The molecule has 0 N–H and O–H groups in total. The molecule has 0 radical (unpaired) electrons. The summed E-state index contributed by atoms with van der Waals surface area (Å²) in [6, 6.07) is 13.2. The minimum absolute atomic E-state index is 0.169. The third kappa shape index (κ3) is 4.33. The predicted octanol–water partition coefficient (Wildman–Crippen LogP) is 3.53. The molecule has 0 spiro atoms. The van der Waals surface area contributed by atoms with Gasteiger partial charge >= 0.3 is 5.97 Å². The number of carbonyl (C=O) groups is 2. The van der Waals surface area contributed by atoms with Crippen molar-refractivity contribution in [2.24, 2.45) is 0 Å². The molecule has 0 atom stereocenters. The average molecular weight is 305 g/mol. The minimum Gasteiger partial charge on any atom is -0.482 e. The Balaban J connectivity index is 1.96. The second-order valence-corrected chi connectivity index (χ2v) is 4.71. The van der Waals surface area contributed by atoms with Crippen LogP contribution in [-0.4, -0.2) is 18.4 Å². The molecule has 0 aliphatic rings. The minimum atomic E-state index is -0.585. The van der Waals surface area contributed by atoms with Crippen LogP contribution in [0.15, 0.2) is 48.5 Å². The topological polar surface area (TPSA) is 52.6 Å². The maximum Gasteiger partial charge on any atom is 0.349 e. The monoisotopic (exact) mass is 304 g/mol. The molecule has 108 valence electrons. The van der Waals surface area contributed by atoms with Gasteiger partial charge in [0.05, 0.1) is 5.56 Å². The van der Waals surface area contributed by atoms with Crippen LogP contribution in [0.1, 0.15) is 17.3 Å². The Bertz CT molecular complexity index is 650. The number of rotatable bonds is 5. The molecule has 4 nitrogen and oxygen atoms in total.